The monoisotopic (exact) mass is 1550 g/mol. The third-order valence-electron chi connectivity index (χ3n) is 19.4. The Bertz CT molecular complexity index is 4450. The largest absolute Gasteiger partial charge is 0.432 e. The van der Waals surface area contributed by atoms with E-state index in [1.165, 1.54) is 19.3 Å². The Kier molecular flexibility index (Phi) is 27.0. The number of hydrogen-bond donors (Lipinski definition) is 0. The van der Waals surface area contributed by atoms with Crippen molar-refractivity contribution in [3.63, 3.8) is 0 Å². The van der Waals surface area contributed by atoms with Gasteiger partial charge in [-0.3, -0.25) is 0 Å². The van der Waals surface area contributed by atoms with Crippen molar-refractivity contribution in [1.82, 2.24) is 0 Å². The molecule has 6 atom stereocenters. The van der Waals surface area contributed by atoms with Crippen LogP contribution in [0.3, 0.4) is 0 Å². The highest BCUT2D eigenvalue weighted by Gasteiger charge is 2.45. The Hall–Kier alpha value is -9.14. The van der Waals surface area contributed by atoms with Crippen molar-refractivity contribution in [1.29, 1.82) is 0 Å². The molecule has 3 heterocycles. The molecule has 9 aromatic rings. The Labute approximate surface area is 615 Å². The van der Waals surface area contributed by atoms with Gasteiger partial charge in [0, 0.05) is 42.0 Å². The van der Waals surface area contributed by atoms with Gasteiger partial charge in [0.15, 0.2) is 34.9 Å². The quantitative estimate of drug-likeness (QED) is 0.0383. The van der Waals surface area contributed by atoms with Crippen molar-refractivity contribution >= 4 is 0 Å². The molecule has 0 N–H and O–H groups in total. The number of rotatable bonds is 22. The summed E-state index contributed by atoms with van der Waals surface area (Å²) in [6, 6.07) is 26.5. The zero-order valence-electron chi connectivity index (χ0n) is 59.1. The van der Waals surface area contributed by atoms with Gasteiger partial charge in [0.25, 0.3) is 0 Å². The lowest BCUT2D eigenvalue weighted by molar-refractivity contribution is -0.190. The summed E-state index contributed by atoms with van der Waals surface area (Å²) in [6.45, 7) is 9.56. The fraction of sp³-hybridized carbons (Fsp3) is 0.349. The first-order valence-corrected chi connectivity index (χ1v) is 35.4. The fourth-order valence-corrected chi connectivity index (χ4v) is 13.3. The third-order valence-corrected chi connectivity index (χ3v) is 19.4. The highest BCUT2D eigenvalue weighted by molar-refractivity contribution is 5.67. The number of benzene rings is 9. The van der Waals surface area contributed by atoms with Gasteiger partial charge < -0.3 is 28.4 Å². The van der Waals surface area contributed by atoms with E-state index < -0.39 is 139 Å². The molecule has 6 unspecified atom stereocenters. The molecule has 3 aliphatic heterocycles. The second-order valence-electron chi connectivity index (χ2n) is 27.1. The summed E-state index contributed by atoms with van der Waals surface area (Å²) in [5.74, 6) is -24.4. The average Bonchev–Trinajstić information content (AvgIpc) is 0.785. The predicted octanol–water partition coefficient (Wildman–Crippen LogP) is 25.9. The minimum atomic E-state index is -4.64. The molecule has 9 aromatic carbocycles. The summed E-state index contributed by atoms with van der Waals surface area (Å²) in [7, 11) is 0. The van der Waals surface area contributed by atoms with Gasteiger partial charge in [-0.1, -0.05) is 126 Å². The molecule has 26 heteroatoms. The van der Waals surface area contributed by atoms with E-state index in [-0.39, 0.29) is 59.3 Å². The zero-order valence-corrected chi connectivity index (χ0v) is 59.1. The lowest BCUT2D eigenvalue weighted by Gasteiger charge is -2.29. The van der Waals surface area contributed by atoms with Crippen LogP contribution >= 0.6 is 0 Å². The molecule has 12 rings (SSSR count). The van der Waals surface area contributed by atoms with Crippen LogP contribution < -0.4 is 14.2 Å². The van der Waals surface area contributed by atoms with Crippen molar-refractivity contribution < 1.29 is 116 Å². The first kappa shape index (κ1) is 82.4. The molecule has 0 radical (unpaired) electrons. The first-order valence-electron chi connectivity index (χ1n) is 35.4. The summed E-state index contributed by atoms with van der Waals surface area (Å²) in [4.78, 5) is 0. The van der Waals surface area contributed by atoms with Crippen molar-refractivity contribution in [3.05, 3.63) is 266 Å². The van der Waals surface area contributed by atoms with E-state index in [1.807, 2.05) is 0 Å². The zero-order chi connectivity index (χ0) is 78.8. The van der Waals surface area contributed by atoms with Gasteiger partial charge in [0.05, 0.1) is 38.1 Å². The molecular formula is C83H74F20O6. The van der Waals surface area contributed by atoms with E-state index in [0.29, 0.717) is 90.7 Å². The van der Waals surface area contributed by atoms with Gasteiger partial charge >= 0.3 is 18.3 Å². The number of unbranched alkanes of at least 4 members (excludes halogenated alkanes) is 2. The molecule has 3 saturated heterocycles. The molecule has 3 aliphatic rings. The third kappa shape index (κ3) is 20.3. The van der Waals surface area contributed by atoms with Crippen molar-refractivity contribution in [2.45, 2.75) is 148 Å². The Morgan fingerprint density at radius 1 is 0.312 bits per heavy atom. The summed E-state index contributed by atoms with van der Waals surface area (Å²) >= 11 is 0. The molecule has 0 bridgehead atoms. The molecule has 0 amide bonds. The van der Waals surface area contributed by atoms with Crippen LogP contribution in [0, 0.1) is 106 Å². The highest BCUT2D eigenvalue weighted by atomic mass is 19.3. The molecule has 0 saturated carbocycles. The van der Waals surface area contributed by atoms with Gasteiger partial charge in [-0.2, -0.15) is 26.3 Å². The lowest BCUT2D eigenvalue weighted by Crippen LogP contribution is -2.25. The van der Waals surface area contributed by atoms with Crippen LogP contribution in [0.1, 0.15) is 161 Å². The molecule has 582 valence electrons. The summed E-state index contributed by atoms with van der Waals surface area (Å²) in [5.41, 5.74) is -1.53. The first-order chi connectivity index (χ1) is 51.8. The van der Waals surface area contributed by atoms with E-state index in [1.54, 1.807) is 72.8 Å². The van der Waals surface area contributed by atoms with Crippen LogP contribution in [-0.2, 0) is 32.5 Å². The highest BCUT2D eigenvalue weighted by Crippen LogP contribution is 2.44. The molecular weight excluding hydrogens is 1470 g/mol. The topological polar surface area (TPSA) is 55.4 Å². The SMILES string of the molecule is CCC1CCC(c2ccc(-c3cc(F)c(C(F)(F)Oc4cc(F)c(F)c(F)c4)c(F)c3)cc2)OC1.CCCC1CCC(c2ccc(-c3cc(F)c(C(F)(F)Oc4cc(F)c(F)c(F)c4)c(F)c3)cc2)OC1.CCCCCC1CCC(c2ccc(-c3cc(F)c(C(F)(F)Oc4cc(F)c(C)c(F)c4)c(F)c3)cc2)OC1. The van der Waals surface area contributed by atoms with E-state index in [9.17, 15) is 87.8 Å². The maximum Gasteiger partial charge on any atom is 0.432 e. The number of ether oxygens (including phenoxy) is 6. The Morgan fingerprint density at radius 2 is 0.587 bits per heavy atom. The van der Waals surface area contributed by atoms with Gasteiger partial charge in [-0.25, -0.2) is 61.5 Å². The number of alkyl halides is 6. The predicted molar refractivity (Wildman–Crippen MR) is 366 cm³/mol. The number of halogens is 20. The lowest BCUT2D eigenvalue weighted by atomic mass is 9.90. The van der Waals surface area contributed by atoms with Gasteiger partial charge in [0.1, 0.15) is 80.5 Å². The molecule has 0 aliphatic carbocycles. The van der Waals surface area contributed by atoms with Gasteiger partial charge in [0.2, 0.25) is 0 Å². The van der Waals surface area contributed by atoms with E-state index in [4.69, 9.17) is 14.2 Å². The Balaban J connectivity index is 0.000000174. The van der Waals surface area contributed by atoms with Gasteiger partial charge in [-0.05, 0) is 163 Å². The minimum absolute atomic E-state index is 0.000538. The van der Waals surface area contributed by atoms with Crippen molar-refractivity contribution in [3.8, 4) is 50.6 Å². The van der Waals surface area contributed by atoms with Crippen molar-refractivity contribution in [2.75, 3.05) is 19.8 Å². The molecule has 0 aromatic heterocycles. The van der Waals surface area contributed by atoms with Crippen LogP contribution in [0.25, 0.3) is 33.4 Å². The second kappa shape index (κ2) is 35.7. The number of hydrogen-bond acceptors (Lipinski definition) is 6. The fourth-order valence-electron chi connectivity index (χ4n) is 13.3. The maximum absolute atomic E-state index is 14.8. The normalized spacial score (nSPS) is 18.3. The summed E-state index contributed by atoms with van der Waals surface area (Å²) in [5, 5.41) is 0. The van der Waals surface area contributed by atoms with Crippen LogP contribution in [0.4, 0.5) is 87.8 Å². The van der Waals surface area contributed by atoms with Crippen LogP contribution in [0.5, 0.6) is 17.2 Å². The standard InChI is InChI=1S/C30H30F6O2.C27H23F7O2.C26H21F7O2/c1-3-4-5-6-19-7-12-28(37-17-19)21-10-8-20(9-11-21)22-13-26(33)29(27(34)14-22)30(35,36)38-23-15-24(31)18(2)25(32)16-23;1-2-3-15-4-9-24(35-14-15)17-7-5-16(6-8-17)18-10-20(28)25(21(29)11-18)27(33,34)36-19-12-22(30)26(32)23(31)13-19;1-2-14-3-8-23(34-13-14)16-6-4-15(5-7-16)17-9-19(27)24(20(28)10-17)26(32,33)35-18-11-21(29)25(31)22(30)12-18/h8-11,13-16,19,28H,3-7,12,17H2,1-2H3;5-8,10-13,15,24H,2-4,9,14H2,1H3;4-7,9-12,14,23H,2-3,8,13H2,1H3. The maximum atomic E-state index is 14.8. The summed E-state index contributed by atoms with van der Waals surface area (Å²) < 4.78 is 313. The van der Waals surface area contributed by atoms with Crippen LogP contribution in [-0.4, -0.2) is 19.8 Å². The van der Waals surface area contributed by atoms with Gasteiger partial charge in [-0.15, -0.1) is 0 Å². The minimum Gasteiger partial charge on any atom is -0.429 e. The van der Waals surface area contributed by atoms with E-state index in [0.717, 1.165) is 100.0 Å². The van der Waals surface area contributed by atoms with Crippen LogP contribution in [0.15, 0.2) is 146 Å². The van der Waals surface area contributed by atoms with Crippen LogP contribution in [0.2, 0.25) is 0 Å². The molecule has 0 spiro atoms. The smallest absolute Gasteiger partial charge is 0.429 e. The average molecular weight is 1550 g/mol. The van der Waals surface area contributed by atoms with E-state index >= 15 is 0 Å². The molecule has 3 fully saturated rings. The van der Waals surface area contributed by atoms with Crippen molar-refractivity contribution in [2.24, 2.45) is 17.8 Å². The molecule has 6 nitrogen and oxygen atoms in total. The second-order valence-corrected chi connectivity index (χ2v) is 27.1. The van der Waals surface area contributed by atoms with E-state index in [2.05, 4.69) is 35.0 Å². The molecule has 109 heavy (non-hydrogen) atoms. The summed E-state index contributed by atoms with van der Waals surface area (Å²) in [6.07, 6.45) is -0.231. The Morgan fingerprint density at radius 3 is 0.844 bits per heavy atom.